The van der Waals surface area contributed by atoms with E-state index in [1.165, 1.54) is 0 Å². The third-order valence-corrected chi connectivity index (χ3v) is 3.55. The van der Waals surface area contributed by atoms with Gasteiger partial charge in [-0.15, -0.1) is 12.4 Å². The van der Waals surface area contributed by atoms with E-state index in [2.05, 4.69) is 16.9 Å². The zero-order chi connectivity index (χ0) is 13.1. The van der Waals surface area contributed by atoms with Gasteiger partial charge < -0.3 is 15.5 Å². The third-order valence-electron chi connectivity index (χ3n) is 3.55. The lowest BCUT2D eigenvalue weighted by Crippen LogP contribution is -2.44. The minimum absolute atomic E-state index is 0. The lowest BCUT2D eigenvalue weighted by molar-refractivity contribution is 0.0654. The van der Waals surface area contributed by atoms with Crippen LogP contribution in [0.15, 0.2) is 18.2 Å². The summed E-state index contributed by atoms with van der Waals surface area (Å²) in [5.41, 5.74) is 6.03. The number of likely N-dealkylation sites (tertiary alicyclic amines) is 1. The fourth-order valence-electron chi connectivity index (χ4n) is 2.30. The number of aromatic nitrogens is 1. The predicted molar refractivity (Wildman–Crippen MR) is 78.5 cm³/mol. The summed E-state index contributed by atoms with van der Waals surface area (Å²) in [5, 5.41) is 0. The monoisotopic (exact) mass is 284 g/mol. The molecule has 5 nitrogen and oxygen atoms in total. The van der Waals surface area contributed by atoms with E-state index in [9.17, 15) is 4.79 Å². The van der Waals surface area contributed by atoms with Crippen molar-refractivity contribution in [2.24, 2.45) is 0 Å². The quantitative estimate of drug-likeness (QED) is 0.888. The molecule has 1 aromatic rings. The molecule has 106 valence electrons. The van der Waals surface area contributed by atoms with Gasteiger partial charge in [0, 0.05) is 13.1 Å². The van der Waals surface area contributed by atoms with Crippen LogP contribution in [0.3, 0.4) is 0 Å². The van der Waals surface area contributed by atoms with E-state index in [0.29, 0.717) is 17.6 Å². The van der Waals surface area contributed by atoms with Gasteiger partial charge in [-0.25, -0.2) is 4.98 Å². The summed E-state index contributed by atoms with van der Waals surface area (Å²) in [7, 11) is 3.96. The van der Waals surface area contributed by atoms with Gasteiger partial charge in [0.1, 0.15) is 11.5 Å². The summed E-state index contributed by atoms with van der Waals surface area (Å²) in [5.74, 6) is 0.342. The zero-order valence-electron chi connectivity index (χ0n) is 11.4. The van der Waals surface area contributed by atoms with E-state index in [-0.39, 0.29) is 18.3 Å². The number of amides is 1. The molecule has 2 N–H and O–H groups in total. The van der Waals surface area contributed by atoms with Crippen LogP contribution in [0, 0.1) is 0 Å². The van der Waals surface area contributed by atoms with Crippen LogP contribution in [-0.2, 0) is 0 Å². The summed E-state index contributed by atoms with van der Waals surface area (Å²) < 4.78 is 0. The number of nitrogens with zero attached hydrogens (tertiary/aromatic N) is 3. The Morgan fingerprint density at radius 2 is 2.05 bits per heavy atom. The van der Waals surface area contributed by atoms with Gasteiger partial charge in [0.05, 0.1) is 0 Å². The van der Waals surface area contributed by atoms with Crippen molar-refractivity contribution < 1.29 is 4.79 Å². The van der Waals surface area contributed by atoms with E-state index in [1.807, 2.05) is 7.05 Å². The molecule has 0 saturated carbocycles. The maximum atomic E-state index is 12.3. The smallest absolute Gasteiger partial charge is 0.272 e. The number of pyridine rings is 1. The highest BCUT2D eigenvalue weighted by Crippen LogP contribution is 2.16. The van der Waals surface area contributed by atoms with E-state index in [0.717, 1.165) is 25.9 Å². The second-order valence-electron chi connectivity index (χ2n) is 4.90. The fourth-order valence-corrected chi connectivity index (χ4v) is 2.30. The van der Waals surface area contributed by atoms with Crippen molar-refractivity contribution in [1.82, 2.24) is 14.8 Å². The first-order chi connectivity index (χ1) is 8.58. The van der Waals surface area contributed by atoms with Crippen molar-refractivity contribution in [3.63, 3.8) is 0 Å². The lowest BCUT2D eigenvalue weighted by Gasteiger charge is -2.34. The van der Waals surface area contributed by atoms with E-state index in [4.69, 9.17) is 5.73 Å². The fraction of sp³-hybridized carbons (Fsp3) is 0.538. The van der Waals surface area contributed by atoms with Gasteiger partial charge in [-0.3, -0.25) is 4.79 Å². The van der Waals surface area contributed by atoms with E-state index < -0.39 is 0 Å². The molecule has 0 atom stereocenters. The number of hydrogen-bond donors (Lipinski definition) is 1. The number of nitrogens with two attached hydrogens (primary N) is 1. The van der Waals surface area contributed by atoms with Gasteiger partial charge >= 0.3 is 0 Å². The molecular weight excluding hydrogens is 264 g/mol. The van der Waals surface area contributed by atoms with Crippen LogP contribution in [0.1, 0.15) is 23.3 Å². The average molecular weight is 285 g/mol. The molecule has 0 unspecified atom stereocenters. The van der Waals surface area contributed by atoms with Crippen LogP contribution in [-0.4, -0.2) is 53.9 Å². The molecule has 1 aromatic heterocycles. The van der Waals surface area contributed by atoms with Gasteiger partial charge in [0.15, 0.2) is 0 Å². The molecule has 0 spiro atoms. The summed E-state index contributed by atoms with van der Waals surface area (Å²) in [6, 6.07) is 5.46. The van der Waals surface area contributed by atoms with Gasteiger partial charge in [-0.2, -0.15) is 0 Å². The molecule has 2 rings (SSSR count). The van der Waals surface area contributed by atoms with Crippen molar-refractivity contribution >= 4 is 24.1 Å². The Labute approximate surface area is 120 Å². The molecule has 1 saturated heterocycles. The van der Waals surface area contributed by atoms with Crippen LogP contribution >= 0.6 is 12.4 Å². The lowest BCUT2D eigenvalue weighted by atomic mass is 10.0. The normalized spacial score (nSPS) is 16.7. The summed E-state index contributed by atoms with van der Waals surface area (Å²) in [6.07, 6.45) is 2.03. The third kappa shape index (κ3) is 3.81. The Hall–Kier alpha value is -1.33. The number of carbonyl (C=O) groups is 1. The highest BCUT2D eigenvalue weighted by molar-refractivity contribution is 5.92. The van der Waals surface area contributed by atoms with Crippen LogP contribution < -0.4 is 5.73 Å². The van der Waals surface area contributed by atoms with E-state index >= 15 is 0 Å². The molecule has 0 aliphatic carbocycles. The number of hydrogen-bond acceptors (Lipinski definition) is 4. The number of nitrogen functional groups attached to an aromatic ring is 1. The van der Waals surface area contributed by atoms with Crippen molar-refractivity contribution in [3.05, 3.63) is 23.9 Å². The van der Waals surface area contributed by atoms with Gasteiger partial charge in [-0.05, 0) is 45.1 Å². The maximum absolute atomic E-state index is 12.3. The molecular formula is C13H21ClN4O. The Kier molecular flexibility index (Phi) is 5.57. The zero-order valence-corrected chi connectivity index (χ0v) is 12.2. The second kappa shape index (κ2) is 6.73. The summed E-state index contributed by atoms with van der Waals surface area (Å²) >= 11 is 0. The number of piperidine rings is 1. The number of carbonyl (C=O) groups excluding carboxylic acids is 1. The standard InChI is InChI=1S/C13H20N4O.ClH/c1-16-8-6-10(7-9-16)17(2)13(18)11-4-3-5-12(14)15-11;/h3-5,10H,6-9H2,1-2H3,(H2,14,15);1H. The number of anilines is 1. The van der Waals surface area contributed by atoms with Gasteiger partial charge in [0.25, 0.3) is 5.91 Å². The minimum Gasteiger partial charge on any atom is -0.384 e. The first-order valence-corrected chi connectivity index (χ1v) is 6.26. The van der Waals surface area contributed by atoms with Crippen molar-refractivity contribution in [2.45, 2.75) is 18.9 Å². The molecule has 1 aliphatic heterocycles. The average Bonchev–Trinajstić information content (AvgIpc) is 2.38. The van der Waals surface area contributed by atoms with E-state index in [1.54, 1.807) is 23.1 Å². The molecule has 0 radical (unpaired) electrons. The molecule has 6 heteroatoms. The van der Waals surface area contributed by atoms with Crippen LogP contribution in [0.2, 0.25) is 0 Å². The maximum Gasteiger partial charge on any atom is 0.272 e. The first-order valence-electron chi connectivity index (χ1n) is 6.26. The largest absolute Gasteiger partial charge is 0.384 e. The van der Waals surface area contributed by atoms with Crippen LogP contribution in [0.25, 0.3) is 0 Å². The van der Waals surface area contributed by atoms with Gasteiger partial charge in [-0.1, -0.05) is 6.07 Å². The second-order valence-corrected chi connectivity index (χ2v) is 4.90. The summed E-state index contributed by atoms with van der Waals surface area (Å²) in [4.78, 5) is 20.4. The number of halogens is 1. The molecule has 1 fully saturated rings. The van der Waals surface area contributed by atoms with Crippen LogP contribution in [0.4, 0.5) is 5.82 Å². The Balaban J connectivity index is 0.00000180. The minimum atomic E-state index is -0.0446. The molecule has 19 heavy (non-hydrogen) atoms. The molecule has 0 aromatic carbocycles. The van der Waals surface area contributed by atoms with Crippen molar-refractivity contribution in [1.29, 1.82) is 0 Å². The highest BCUT2D eigenvalue weighted by atomic mass is 35.5. The van der Waals surface area contributed by atoms with Crippen molar-refractivity contribution in [3.8, 4) is 0 Å². The molecule has 0 bridgehead atoms. The SMILES string of the molecule is CN1CCC(N(C)C(=O)c2cccc(N)n2)CC1.Cl. The Morgan fingerprint density at radius 3 is 2.63 bits per heavy atom. The number of rotatable bonds is 2. The van der Waals surface area contributed by atoms with Crippen LogP contribution in [0.5, 0.6) is 0 Å². The Morgan fingerprint density at radius 1 is 1.42 bits per heavy atom. The molecule has 2 heterocycles. The first kappa shape index (κ1) is 15.7. The summed E-state index contributed by atoms with van der Waals surface area (Å²) in [6.45, 7) is 2.07. The highest BCUT2D eigenvalue weighted by Gasteiger charge is 2.25. The Bertz CT molecular complexity index is 432. The van der Waals surface area contributed by atoms with Gasteiger partial charge in [0.2, 0.25) is 0 Å². The van der Waals surface area contributed by atoms with Crippen molar-refractivity contribution in [2.75, 3.05) is 32.9 Å². The molecule has 1 aliphatic rings. The topological polar surface area (TPSA) is 62.5 Å². The molecule has 1 amide bonds. The predicted octanol–water partition coefficient (Wildman–Crippen LogP) is 1.25.